The summed E-state index contributed by atoms with van der Waals surface area (Å²) in [5.74, 6) is 9.48. The summed E-state index contributed by atoms with van der Waals surface area (Å²) in [5.41, 5.74) is 3.02. The minimum absolute atomic E-state index is 0.550. The quantitative estimate of drug-likeness (QED) is 0.541. The molecule has 0 aromatic heterocycles. The summed E-state index contributed by atoms with van der Waals surface area (Å²) in [5, 5.41) is 0. The van der Waals surface area contributed by atoms with E-state index >= 15 is 0 Å². The third-order valence-corrected chi connectivity index (χ3v) is 4.46. The maximum absolute atomic E-state index is 5.65. The van der Waals surface area contributed by atoms with Crippen molar-refractivity contribution in [1.82, 2.24) is 5.43 Å². The summed E-state index contributed by atoms with van der Waals surface area (Å²) in [7, 11) is 0. The Balaban J connectivity index is 1.79. The van der Waals surface area contributed by atoms with Gasteiger partial charge in [0.2, 0.25) is 0 Å². The Labute approximate surface area is 94.0 Å². The number of hydrazine groups is 1. The molecule has 0 spiro atoms. The summed E-state index contributed by atoms with van der Waals surface area (Å²) < 4.78 is 0. The van der Waals surface area contributed by atoms with E-state index in [4.69, 9.17) is 5.84 Å². The Hall–Kier alpha value is -0.0800. The van der Waals surface area contributed by atoms with E-state index in [0.29, 0.717) is 6.04 Å². The van der Waals surface area contributed by atoms with Gasteiger partial charge in [0.05, 0.1) is 0 Å². The summed E-state index contributed by atoms with van der Waals surface area (Å²) in [6, 6.07) is 0.550. The van der Waals surface area contributed by atoms with Gasteiger partial charge in [0.15, 0.2) is 0 Å². The zero-order valence-corrected chi connectivity index (χ0v) is 10.2. The molecule has 0 radical (unpaired) electrons. The third kappa shape index (κ3) is 2.73. The van der Waals surface area contributed by atoms with Gasteiger partial charge in [-0.25, -0.2) is 0 Å². The van der Waals surface area contributed by atoms with Gasteiger partial charge in [-0.1, -0.05) is 20.3 Å². The second-order valence-corrected chi connectivity index (χ2v) is 6.16. The molecule has 88 valence electrons. The molecule has 2 nitrogen and oxygen atoms in total. The van der Waals surface area contributed by atoms with Gasteiger partial charge in [0.25, 0.3) is 0 Å². The minimum atomic E-state index is 0.550. The summed E-state index contributed by atoms with van der Waals surface area (Å²) in [6.07, 6.45) is 8.55. The van der Waals surface area contributed by atoms with Crippen molar-refractivity contribution >= 4 is 0 Å². The van der Waals surface area contributed by atoms with Crippen molar-refractivity contribution in [2.24, 2.45) is 29.5 Å². The fraction of sp³-hybridized carbons (Fsp3) is 1.00. The standard InChI is InChI=1S/C13H26N2/c1-9(2)5-13(15-14)8-12-7-10-3-4-11(12)6-10/h9-13,15H,3-8,14H2,1-2H3. The van der Waals surface area contributed by atoms with Crippen LogP contribution in [-0.4, -0.2) is 6.04 Å². The summed E-state index contributed by atoms with van der Waals surface area (Å²) in [4.78, 5) is 0. The van der Waals surface area contributed by atoms with Crippen LogP contribution in [0, 0.1) is 23.7 Å². The van der Waals surface area contributed by atoms with Crippen molar-refractivity contribution in [3.63, 3.8) is 0 Å². The van der Waals surface area contributed by atoms with Crippen LogP contribution in [-0.2, 0) is 0 Å². The van der Waals surface area contributed by atoms with Crippen LogP contribution in [0.2, 0.25) is 0 Å². The van der Waals surface area contributed by atoms with Crippen LogP contribution in [0.3, 0.4) is 0 Å². The first-order valence-electron chi connectivity index (χ1n) is 6.65. The molecule has 2 rings (SSSR count). The van der Waals surface area contributed by atoms with E-state index in [1.807, 2.05) is 0 Å². The SMILES string of the molecule is CC(C)CC(CC1CC2CCC1C2)NN. The molecule has 2 fully saturated rings. The molecule has 0 aromatic rings. The molecular formula is C13H26N2. The highest BCUT2D eigenvalue weighted by molar-refractivity contribution is 4.91. The van der Waals surface area contributed by atoms with E-state index in [2.05, 4.69) is 19.3 Å². The molecule has 2 aliphatic rings. The Bertz CT molecular complexity index is 203. The second kappa shape index (κ2) is 4.84. The molecule has 0 heterocycles. The van der Waals surface area contributed by atoms with Gasteiger partial charge in [-0.2, -0.15) is 0 Å². The predicted molar refractivity (Wildman–Crippen MR) is 64.1 cm³/mol. The van der Waals surface area contributed by atoms with Crippen molar-refractivity contribution in [3.8, 4) is 0 Å². The van der Waals surface area contributed by atoms with Gasteiger partial charge < -0.3 is 0 Å². The van der Waals surface area contributed by atoms with Crippen LogP contribution in [0.25, 0.3) is 0 Å². The molecule has 0 saturated heterocycles. The van der Waals surface area contributed by atoms with Crippen LogP contribution in [0.4, 0.5) is 0 Å². The molecule has 15 heavy (non-hydrogen) atoms. The molecule has 2 saturated carbocycles. The fourth-order valence-electron chi connectivity index (χ4n) is 3.83. The third-order valence-electron chi connectivity index (χ3n) is 4.46. The normalized spacial score (nSPS) is 36.4. The zero-order chi connectivity index (χ0) is 10.8. The Morgan fingerprint density at radius 2 is 2.07 bits per heavy atom. The topological polar surface area (TPSA) is 38.0 Å². The van der Waals surface area contributed by atoms with Crippen LogP contribution >= 0.6 is 0 Å². The average molecular weight is 210 g/mol. The monoisotopic (exact) mass is 210 g/mol. The van der Waals surface area contributed by atoms with Gasteiger partial charge in [-0.15, -0.1) is 0 Å². The van der Waals surface area contributed by atoms with Gasteiger partial charge in [-0.3, -0.25) is 11.3 Å². The number of nitrogens with one attached hydrogen (secondary N) is 1. The van der Waals surface area contributed by atoms with Crippen molar-refractivity contribution in [3.05, 3.63) is 0 Å². The van der Waals surface area contributed by atoms with E-state index in [9.17, 15) is 0 Å². The van der Waals surface area contributed by atoms with E-state index in [-0.39, 0.29) is 0 Å². The number of fused-ring (bicyclic) bond motifs is 2. The highest BCUT2D eigenvalue weighted by atomic mass is 15.2. The summed E-state index contributed by atoms with van der Waals surface area (Å²) in [6.45, 7) is 4.57. The molecule has 0 amide bonds. The number of nitrogens with two attached hydrogens (primary N) is 1. The Morgan fingerprint density at radius 3 is 2.53 bits per heavy atom. The van der Waals surface area contributed by atoms with Gasteiger partial charge in [0, 0.05) is 6.04 Å². The van der Waals surface area contributed by atoms with Crippen molar-refractivity contribution in [2.75, 3.05) is 0 Å². The Morgan fingerprint density at radius 1 is 1.27 bits per heavy atom. The fourth-order valence-corrected chi connectivity index (χ4v) is 3.83. The lowest BCUT2D eigenvalue weighted by atomic mass is 9.83. The highest BCUT2D eigenvalue weighted by Crippen LogP contribution is 2.50. The maximum atomic E-state index is 5.65. The molecule has 3 N–H and O–H groups in total. The molecule has 0 aliphatic heterocycles. The first-order valence-corrected chi connectivity index (χ1v) is 6.65. The van der Waals surface area contributed by atoms with Crippen LogP contribution < -0.4 is 11.3 Å². The largest absolute Gasteiger partial charge is 0.271 e. The van der Waals surface area contributed by atoms with E-state index in [1.54, 1.807) is 0 Å². The number of hydrogen-bond donors (Lipinski definition) is 2. The average Bonchev–Trinajstić information content (AvgIpc) is 2.77. The molecule has 4 atom stereocenters. The second-order valence-electron chi connectivity index (χ2n) is 6.16. The molecular weight excluding hydrogens is 184 g/mol. The molecule has 2 aliphatic carbocycles. The van der Waals surface area contributed by atoms with Crippen molar-refractivity contribution < 1.29 is 0 Å². The van der Waals surface area contributed by atoms with Crippen molar-refractivity contribution in [1.29, 1.82) is 0 Å². The number of hydrogen-bond acceptors (Lipinski definition) is 2. The molecule has 4 unspecified atom stereocenters. The van der Waals surface area contributed by atoms with Gasteiger partial charge >= 0.3 is 0 Å². The number of rotatable bonds is 5. The predicted octanol–water partition coefficient (Wildman–Crippen LogP) is 2.69. The minimum Gasteiger partial charge on any atom is -0.271 e. The smallest absolute Gasteiger partial charge is 0.0215 e. The Kier molecular flexibility index (Phi) is 3.68. The van der Waals surface area contributed by atoms with E-state index < -0.39 is 0 Å². The van der Waals surface area contributed by atoms with Crippen LogP contribution in [0.1, 0.15) is 52.4 Å². The van der Waals surface area contributed by atoms with Crippen LogP contribution in [0.15, 0.2) is 0 Å². The van der Waals surface area contributed by atoms with Gasteiger partial charge in [-0.05, 0) is 55.8 Å². The van der Waals surface area contributed by atoms with Crippen molar-refractivity contribution in [2.45, 2.75) is 58.4 Å². The van der Waals surface area contributed by atoms with Crippen LogP contribution in [0.5, 0.6) is 0 Å². The first-order chi connectivity index (χ1) is 7.19. The molecule has 2 heteroatoms. The van der Waals surface area contributed by atoms with E-state index in [0.717, 1.165) is 23.7 Å². The zero-order valence-electron chi connectivity index (χ0n) is 10.2. The lowest BCUT2D eigenvalue weighted by Gasteiger charge is -2.27. The van der Waals surface area contributed by atoms with Gasteiger partial charge in [0.1, 0.15) is 0 Å². The van der Waals surface area contributed by atoms with E-state index in [1.165, 1.54) is 38.5 Å². The maximum Gasteiger partial charge on any atom is 0.0215 e. The lowest BCUT2D eigenvalue weighted by molar-refractivity contribution is 0.262. The summed E-state index contributed by atoms with van der Waals surface area (Å²) >= 11 is 0. The molecule has 2 bridgehead atoms. The lowest BCUT2D eigenvalue weighted by Crippen LogP contribution is -2.38. The first kappa shape index (κ1) is 11.4. The highest BCUT2D eigenvalue weighted by Gasteiger charge is 2.39. The molecule has 0 aromatic carbocycles.